The zero-order valence-corrected chi connectivity index (χ0v) is 19.4. The van der Waals surface area contributed by atoms with Gasteiger partial charge in [-0.3, -0.25) is 14.4 Å². The average Bonchev–Trinajstić information content (AvgIpc) is 3.45. The lowest BCUT2D eigenvalue weighted by atomic mass is 9.84. The highest BCUT2D eigenvalue weighted by molar-refractivity contribution is 5.81. The molecule has 0 bridgehead atoms. The second kappa shape index (κ2) is 10.0. The summed E-state index contributed by atoms with van der Waals surface area (Å²) in [6, 6.07) is 0.214. The van der Waals surface area contributed by atoms with Gasteiger partial charge in [-0.25, -0.2) is 0 Å². The fourth-order valence-corrected chi connectivity index (χ4v) is 5.44. The van der Waals surface area contributed by atoms with Gasteiger partial charge in [0.05, 0.1) is 12.1 Å². The topological polar surface area (TPSA) is 95.8 Å². The van der Waals surface area contributed by atoms with Crippen molar-refractivity contribution in [2.45, 2.75) is 77.7 Å². The Balaban J connectivity index is 1.19. The molecule has 0 radical (unpaired) electrons. The molecular formula is C24H36N4O4. The molecule has 0 spiro atoms. The minimum Gasteiger partial charge on any atom is -0.361 e. The normalized spacial score (nSPS) is 24.6. The van der Waals surface area contributed by atoms with E-state index in [1.54, 1.807) is 0 Å². The number of hydrogen-bond donors (Lipinski definition) is 1. The van der Waals surface area contributed by atoms with Crippen molar-refractivity contribution in [1.29, 1.82) is 0 Å². The molecular weight excluding hydrogens is 408 g/mol. The number of nitrogens with zero attached hydrogens (tertiary/aromatic N) is 3. The summed E-state index contributed by atoms with van der Waals surface area (Å²) in [6.45, 7) is 6.00. The smallest absolute Gasteiger partial charge is 0.227 e. The molecule has 2 aliphatic carbocycles. The van der Waals surface area contributed by atoms with Crippen LogP contribution in [0.4, 0.5) is 0 Å². The van der Waals surface area contributed by atoms with Crippen molar-refractivity contribution >= 4 is 17.7 Å². The summed E-state index contributed by atoms with van der Waals surface area (Å²) in [4.78, 5) is 41.8. The molecule has 3 aliphatic rings. The number of hydrogen-bond acceptors (Lipinski definition) is 5. The highest BCUT2D eigenvalue weighted by Gasteiger charge is 2.33. The number of rotatable bonds is 5. The summed E-state index contributed by atoms with van der Waals surface area (Å²) in [6.07, 6.45) is 8.09. The van der Waals surface area contributed by atoms with E-state index in [4.69, 9.17) is 4.52 Å². The van der Waals surface area contributed by atoms with E-state index < -0.39 is 0 Å². The van der Waals surface area contributed by atoms with Crippen molar-refractivity contribution in [2.75, 3.05) is 26.2 Å². The van der Waals surface area contributed by atoms with Crippen LogP contribution in [-0.2, 0) is 20.8 Å². The Morgan fingerprint density at radius 2 is 1.53 bits per heavy atom. The summed E-state index contributed by atoms with van der Waals surface area (Å²) in [5.41, 5.74) is 1.63. The molecule has 8 nitrogen and oxygen atoms in total. The third-order valence-corrected chi connectivity index (χ3v) is 7.60. The number of piperazine rings is 1. The highest BCUT2D eigenvalue weighted by atomic mass is 16.5. The lowest BCUT2D eigenvalue weighted by Gasteiger charge is -2.38. The van der Waals surface area contributed by atoms with Crippen LogP contribution in [0.15, 0.2) is 4.52 Å². The molecule has 1 saturated heterocycles. The third kappa shape index (κ3) is 5.15. The highest BCUT2D eigenvalue weighted by Crippen LogP contribution is 2.29. The van der Waals surface area contributed by atoms with Crippen LogP contribution in [0.3, 0.4) is 0 Å². The molecule has 3 amide bonds. The molecule has 1 aliphatic heterocycles. The van der Waals surface area contributed by atoms with Gasteiger partial charge in [-0.05, 0) is 52.4 Å². The average molecular weight is 445 g/mol. The lowest BCUT2D eigenvalue weighted by Crippen LogP contribution is -2.53. The van der Waals surface area contributed by atoms with Gasteiger partial charge in [-0.2, -0.15) is 0 Å². The molecule has 1 aromatic heterocycles. The predicted octanol–water partition coefficient (Wildman–Crippen LogP) is 2.37. The first kappa shape index (κ1) is 22.8. The molecule has 0 atom stereocenters. The Morgan fingerprint density at radius 1 is 0.906 bits per heavy atom. The Morgan fingerprint density at radius 3 is 2.12 bits per heavy atom. The number of aromatic nitrogens is 1. The first-order valence-electron chi connectivity index (χ1n) is 12.2. The molecule has 2 saturated carbocycles. The SMILES string of the molecule is Cc1noc(C)c1CC(=O)N1CCN(C(=O)C2CCC(NC(=O)C3CCCC3)CC2)CC1. The molecule has 32 heavy (non-hydrogen) atoms. The lowest BCUT2D eigenvalue weighted by molar-refractivity contribution is -0.142. The van der Waals surface area contributed by atoms with Gasteiger partial charge in [0.25, 0.3) is 0 Å². The Labute approximate surface area is 190 Å². The van der Waals surface area contributed by atoms with Crippen LogP contribution in [0.1, 0.15) is 68.4 Å². The van der Waals surface area contributed by atoms with Gasteiger partial charge in [0.2, 0.25) is 17.7 Å². The van der Waals surface area contributed by atoms with Crippen LogP contribution >= 0.6 is 0 Å². The zero-order chi connectivity index (χ0) is 22.7. The van der Waals surface area contributed by atoms with Crippen molar-refractivity contribution in [3.8, 4) is 0 Å². The summed E-state index contributed by atoms with van der Waals surface area (Å²) in [5.74, 6) is 1.42. The fourth-order valence-electron chi connectivity index (χ4n) is 5.44. The van der Waals surface area contributed by atoms with E-state index in [9.17, 15) is 14.4 Å². The number of carbonyl (C=O) groups is 3. The van der Waals surface area contributed by atoms with Crippen molar-refractivity contribution in [3.05, 3.63) is 17.0 Å². The largest absolute Gasteiger partial charge is 0.361 e. The van der Waals surface area contributed by atoms with E-state index in [1.165, 1.54) is 0 Å². The maximum Gasteiger partial charge on any atom is 0.227 e. The van der Waals surface area contributed by atoms with Gasteiger partial charge in [0.15, 0.2) is 0 Å². The summed E-state index contributed by atoms with van der Waals surface area (Å²) in [5, 5.41) is 7.15. The Kier molecular flexibility index (Phi) is 7.16. The fraction of sp³-hybridized carbons (Fsp3) is 0.750. The van der Waals surface area contributed by atoms with Crippen molar-refractivity contribution < 1.29 is 18.9 Å². The monoisotopic (exact) mass is 444 g/mol. The second-order valence-electron chi connectivity index (χ2n) is 9.72. The van der Waals surface area contributed by atoms with E-state index in [1.807, 2.05) is 23.6 Å². The first-order chi connectivity index (χ1) is 15.4. The van der Waals surface area contributed by atoms with E-state index in [-0.39, 0.29) is 35.6 Å². The van der Waals surface area contributed by atoms with Gasteiger partial charge in [-0.15, -0.1) is 0 Å². The summed E-state index contributed by atoms with van der Waals surface area (Å²) >= 11 is 0. The molecule has 0 aromatic carbocycles. The second-order valence-corrected chi connectivity index (χ2v) is 9.72. The third-order valence-electron chi connectivity index (χ3n) is 7.60. The van der Waals surface area contributed by atoms with Crippen LogP contribution in [0.2, 0.25) is 0 Å². The molecule has 2 heterocycles. The van der Waals surface area contributed by atoms with E-state index in [2.05, 4.69) is 10.5 Å². The van der Waals surface area contributed by atoms with Crippen LogP contribution < -0.4 is 5.32 Å². The van der Waals surface area contributed by atoms with Crippen LogP contribution in [-0.4, -0.2) is 64.9 Å². The molecule has 8 heteroatoms. The van der Waals surface area contributed by atoms with Gasteiger partial charge in [-0.1, -0.05) is 18.0 Å². The Bertz CT molecular complexity index is 810. The maximum atomic E-state index is 13.0. The Hall–Kier alpha value is -2.38. The molecule has 1 aromatic rings. The number of nitrogens with one attached hydrogen (secondary N) is 1. The predicted molar refractivity (Wildman–Crippen MR) is 119 cm³/mol. The zero-order valence-electron chi connectivity index (χ0n) is 19.4. The van der Waals surface area contributed by atoms with Crippen LogP contribution in [0.5, 0.6) is 0 Å². The summed E-state index contributed by atoms with van der Waals surface area (Å²) in [7, 11) is 0. The molecule has 3 fully saturated rings. The quantitative estimate of drug-likeness (QED) is 0.752. The molecule has 176 valence electrons. The van der Waals surface area contributed by atoms with Gasteiger partial charge < -0.3 is 19.6 Å². The standard InChI is InChI=1S/C24H36N4O4/c1-16-21(17(2)32-26-16)15-22(29)27-11-13-28(14-12-27)24(31)19-7-9-20(10-8-19)25-23(30)18-5-3-4-6-18/h18-20H,3-15H2,1-2H3,(H,25,30). The van der Waals surface area contributed by atoms with Gasteiger partial charge >= 0.3 is 0 Å². The summed E-state index contributed by atoms with van der Waals surface area (Å²) < 4.78 is 5.16. The number of amides is 3. The molecule has 0 unspecified atom stereocenters. The maximum absolute atomic E-state index is 13.0. The van der Waals surface area contributed by atoms with Crippen molar-refractivity contribution in [1.82, 2.24) is 20.3 Å². The van der Waals surface area contributed by atoms with E-state index in [0.29, 0.717) is 38.4 Å². The molecule has 4 rings (SSSR count). The number of carbonyl (C=O) groups excluding carboxylic acids is 3. The minimum atomic E-state index is 0.0409. The number of aryl methyl sites for hydroxylation is 2. The van der Waals surface area contributed by atoms with E-state index >= 15 is 0 Å². The minimum absolute atomic E-state index is 0.0409. The van der Waals surface area contributed by atoms with Gasteiger partial charge in [0.1, 0.15) is 5.76 Å². The van der Waals surface area contributed by atoms with E-state index in [0.717, 1.165) is 62.6 Å². The van der Waals surface area contributed by atoms with Crippen LogP contribution in [0, 0.1) is 25.7 Å². The molecule has 1 N–H and O–H groups in total. The van der Waals surface area contributed by atoms with Gasteiger partial charge in [0, 0.05) is 49.6 Å². The van der Waals surface area contributed by atoms with Crippen molar-refractivity contribution in [3.63, 3.8) is 0 Å². The van der Waals surface area contributed by atoms with Crippen molar-refractivity contribution in [2.24, 2.45) is 11.8 Å². The van der Waals surface area contributed by atoms with Crippen LogP contribution in [0.25, 0.3) is 0 Å². The first-order valence-corrected chi connectivity index (χ1v) is 12.2.